The van der Waals surface area contributed by atoms with Crippen molar-refractivity contribution in [2.75, 3.05) is 31.6 Å². The molecule has 1 atom stereocenters. The third-order valence-electron chi connectivity index (χ3n) is 3.45. The topological polar surface area (TPSA) is 41.6 Å². The molecule has 1 rings (SSSR count). The van der Waals surface area contributed by atoms with Crippen LogP contribution in [0.5, 0.6) is 0 Å². The second-order valence-corrected chi connectivity index (χ2v) is 5.18. The highest BCUT2D eigenvalue weighted by atomic mass is 16.5. The Morgan fingerprint density at radius 1 is 1.24 bits per heavy atom. The Morgan fingerprint density at radius 2 is 1.90 bits per heavy atom. The van der Waals surface area contributed by atoms with Gasteiger partial charge >= 0.3 is 0 Å². The molecular weight excluding hydrogens is 264 g/mol. The molecule has 1 aromatic rings. The van der Waals surface area contributed by atoms with Gasteiger partial charge in [-0.2, -0.15) is 0 Å². The fourth-order valence-electron chi connectivity index (χ4n) is 2.17. The first-order valence-corrected chi connectivity index (χ1v) is 7.84. The van der Waals surface area contributed by atoms with Crippen LogP contribution in [0.4, 0.5) is 5.69 Å². The number of nitrogens with zero attached hydrogens (tertiary/aromatic N) is 1. The molecule has 0 saturated heterocycles. The van der Waals surface area contributed by atoms with E-state index in [-0.39, 0.29) is 12.0 Å². The molecule has 0 bridgehead atoms. The second kappa shape index (κ2) is 10.4. The van der Waals surface area contributed by atoms with Crippen LogP contribution in [-0.4, -0.2) is 43.2 Å². The highest BCUT2D eigenvalue weighted by molar-refractivity contribution is 5.90. The number of benzene rings is 1. The van der Waals surface area contributed by atoms with Crippen molar-refractivity contribution >= 4 is 11.6 Å². The van der Waals surface area contributed by atoms with Crippen LogP contribution in [0.1, 0.15) is 33.6 Å². The van der Waals surface area contributed by atoms with Crippen molar-refractivity contribution in [1.82, 2.24) is 4.90 Å². The minimum atomic E-state index is -0.0505. The summed E-state index contributed by atoms with van der Waals surface area (Å²) in [6.07, 6.45) is 1.34. The van der Waals surface area contributed by atoms with Gasteiger partial charge in [0, 0.05) is 18.8 Å². The number of hydrogen-bond donors (Lipinski definition) is 1. The summed E-state index contributed by atoms with van der Waals surface area (Å²) >= 11 is 0. The first-order valence-electron chi connectivity index (χ1n) is 7.84. The van der Waals surface area contributed by atoms with Crippen LogP contribution in [0, 0.1) is 0 Å². The first kappa shape index (κ1) is 17.7. The lowest BCUT2D eigenvalue weighted by Crippen LogP contribution is -2.26. The fraction of sp³-hybridized carbons (Fsp3) is 0.588. The molecule has 0 aliphatic rings. The zero-order chi connectivity index (χ0) is 15.5. The van der Waals surface area contributed by atoms with Gasteiger partial charge in [-0.05, 0) is 38.6 Å². The van der Waals surface area contributed by atoms with Crippen LogP contribution in [0.3, 0.4) is 0 Å². The molecule has 0 aliphatic heterocycles. The summed E-state index contributed by atoms with van der Waals surface area (Å²) in [4.78, 5) is 14.2. The number of carbonyl (C=O) groups excluding carboxylic acids is 1. The number of rotatable bonds is 10. The Morgan fingerprint density at radius 3 is 2.52 bits per heavy atom. The molecule has 21 heavy (non-hydrogen) atoms. The quantitative estimate of drug-likeness (QED) is 0.674. The third kappa shape index (κ3) is 7.83. The second-order valence-electron chi connectivity index (χ2n) is 5.18. The van der Waals surface area contributed by atoms with Gasteiger partial charge in [-0.15, -0.1) is 0 Å². The highest BCUT2D eigenvalue weighted by Gasteiger charge is 2.09. The van der Waals surface area contributed by atoms with Crippen molar-refractivity contribution in [3.8, 4) is 0 Å². The van der Waals surface area contributed by atoms with E-state index in [0.29, 0.717) is 13.0 Å². The molecule has 0 fully saturated rings. The lowest BCUT2D eigenvalue weighted by molar-refractivity contribution is -0.118. The van der Waals surface area contributed by atoms with Crippen molar-refractivity contribution in [1.29, 1.82) is 0 Å². The largest absolute Gasteiger partial charge is 0.378 e. The summed E-state index contributed by atoms with van der Waals surface area (Å²) in [6.45, 7) is 10.2. The van der Waals surface area contributed by atoms with Crippen LogP contribution >= 0.6 is 0 Å². The van der Waals surface area contributed by atoms with E-state index in [9.17, 15) is 4.79 Å². The van der Waals surface area contributed by atoms with Gasteiger partial charge in [-0.3, -0.25) is 4.79 Å². The lowest BCUT2D eigenvalue weighted by atomic mass is 10.2. The van der Waals surface area contributed by atoms with Gasteiger partial charge in [0.25, 0.3) is 0 Å². The molecule has 0 aliphatic carbocycles. The molecule has 4 heteroatoms. The van der Waals surface area contributed by atoms with Gasteiger partial charge in [0.1, 0.15) is 0 Å². The van der Waals surface area contributed by atoms with Crippen molar-refractivity contribution in [3.63, 3.8) is 0 Å². The average molecular weight is 292 g/mol. The molecule has 1 amide bonds. The Hall–Kier alpha value is -1.39. The van der Waals surface area contributed by atoms with Gasteiger partial charge in [0.2, 0.25) is 5.91 Å². The zero-order valence-electron chi connectivity index (χ0n) is 13.5. The molecule has 1 unspecified atom stereocenters. The third-order valence-corrected chi connectivity index (χ3v) is 3.45. The first-order chi connectivity index (χ1) is 10.2. The van der Waals surface area contributed by atoms with Gasteiger partial charge < -0.3 is 15.0 Å². The minimum absolute atomic E-state index is 0.00237. The molecule has 0 aromatic heterocycles. The Labute approximate surface area is 128 Å². The van der Waals surface area contributed by atoms with E-state index in [4.69, 9.17) is 4.74 Å². The van der Waals surface area contributed by atoms with Crippen LogP contribution in [0.2, 0.25) is 0 Å². The average Bonchev–Trinajstić information content (AvgIpc) is 2.48. The minimum Gasteiger partial charge on any atom is -0.378 e. The summed E-state index contributed by atoms with van der Waals surface area (Å²) < 4.78 is 5.70. The van der Waals surface area contributed by atoms with E-state index in [2.05, 4.69) is 24.1 Å². The monoisotopic (exact) mass is 292 g/mol. The lowest BCUT2D eigenvalue weighted by Gasteiger charge is -2.18. The van der Waals surface area contributed by atoms with Crippen molar-refractivity contribution in [2.24, 2.45) is 0 Å². The number of anilines is 1. The molecule has 1 N–H and O–H groups in total. The number of carbonyl (C=O) groups is 1. The van der Waals surface area contributed by atoms with E-state index < -0.39 is 0 Å². The maximum Gasteiger partial charge on any atom is 0.226 e. The smallest absolute Gasteiger partial charge is 0.226 e. The number of hydrogen-bond acceptors (Lipinski definition) is 3. The van der Waals surface area contributed by atoms with E-state index >= 15 is 0 Å². The normalized spacial score (nSPS) is 12.4. The Balaban J connectivity index is 2.15. The molecule has 0 saturated carbocycles. The van der Waals surface area contributed by atoms with Crippen LogP contribution in [-0.2, 0) is 9.53 Å². The van der Waals surface area contributed by atoms with Crippen molar-refractivity contribution in [2.45, 2.75) is 39.7 Å². The summed E-state index contributed by atoms with van der Waals surface area (Å²) in [5.41, 5.74) is 0.830. The predicted octanol–water partition coefficient (Wildman–Crippen LogP) is 3.15. The number of nitrogens with one attached hydrogen (secondary N) is 1. The van der Waals surface area contributed by atoms with Crippen molar-refractivity contribution in [3.05, 3.63) is 30.3 Å². The maximum absolute atomic E-state index is 11.9. The number of ether oxygens (including phenoxy) is 1. The van der Waals surface area contributed by atoms with Gasteiger partial charge in [0.15, 0.2) is 0 Å². The molecule has 0 spiro atoms. The fourth-order valence-corrected chi connectivity index (χ4v) is 2.17. The van der Waals surface area contributed by atoms with Crippen LogP contribution < -0.4 is 5.32 Å². The standard InChI is InChI=1S/C17H28N2O2/c1-4-19(5-2)12-9-13-21-15(3)14-17(20)18-16-10-7-6-8-11-16/h6-8,10-11,15H,4-5,9,12-14H2,1-3H3,(H,18,20). The number of para-hydroxylation sites is 1. The summed E-state index contributed by atoms with van der Waals surface area (Å²) in [7, 11) is 0. The SMILES string of the molecule is CCN(CC)CCCOC(C)CC(=O)Nc1ccccc1. The molecule has 118 valence electrons. The predicted molar refractivity (Wildman–Crippen MR) is 87.5 cm³/mol. The molecule has 4 nitrogen and oxygen atoms in total. The van der Waals surface area contributed by atoms with Crippen molar-refractivity contribution < 1.29 is 9.53 Å². The van der Waals surface area contributed by atoms with E-state index in [0.717, 1.165) is 31.7 Å². The Bertz CT molecular complexity index is 391. The summed E-state index contributed by atoms with van der Waals surface area (Å²) in [5.74, 6) is -0.00237. The Kier molecular flexibility index (Phi) is 8.71. The van der Waals surface area contributed by atoms with E-state index in [1.165, 1.54) is 0 Å². The zero-order valence-corrected chi connectivity index (χ0v) is 13.5. The highest BCUT2D eigenvalue weighted by Crippen LogP contribution is 2.07. The van der Waals surface area contributed by atoms with Crippen LogP contribution in [0.15, 0.2) is 30.3 Å². The van der Waals surface area contributed by atoms with Crippen LogP contribution in [0.25, 0.3) is 0 Å². The van der Waals surface area contributed by atoms with E-state index in [1.54, 1.807) is 0 Å². The van der Waals surface area contributed by atoms with E-state index in [1.807, 2.05) is 37.3 Å². The van der Waals surface area contributed by atoms with Gasteiger partial charge in [-0.1, -0.05) is 32.0 Å². The van der Waals surface area contributed by atoms with Gasteiger partial charge in [-0.25, -0.2) is 0 Å². The molecule has 0 heterocycles. The molecule has 1 aromatic carbocycles. The summed E-state index contributed by atoms with van der Waals surface area (Å²) in [5, 5.41) is 2.87. The maximum atomic E-state index is 11.9. The summed E-state index contributed by atoms with van der Waals surface area (Å²) in [6, 6.07) is 9.50. The number of amides is 1. The van der Waals surface area contributed by atoms with Gasteiger partial charge in [0.05, 0.1) is 12.5 Å². The molecule has 0 radical (unpaired) electrons. The molecular formula is C17H28N2O2.